The van der Waals surface area contributed by atoms with Crippen LogP contribution in [0.5, 0.6) is 0 Å². The minimum Gasteiger partial charge on any atom is -0.259 e. The molecule has 0 spiro atoms. The van der Waals surface area contributed by atoms with Gasteiger partial charge in [0.25, 0.3) is 0 Å². The van der Waals surface area contributed by atoms with E-state index in [0.29, 0.717) is 6.67 Å². The lowest BCUT2D eigenvalue weighted by molar-refractivity contribution is 1.10. The van der Waals surface area contributed by atoms with Gasteiger partial charge in [-0.2, -0.15) is 0 Å². The Hall–Kier alpha value is -2.22. The summed E-state index contributed by atoms with van der Waals surface area (Å²) in [6.07, 6.45) is 0. The molecule has 17 heavy (non-hydrogen) atoms. The standard InChI is InChI=1S/C15H12N2/c1-3-7-12(8-4-1)14-15(17-11-16-14)13-9-5-2-6-10-13/h1-10H,11H2. The molecule has 0 N–H and O–H groups in total. The topological polar surface area (TPSA) is 24.7 Å². The molecule has 1 heterocycles. The molecule has 2 aromatic carbocycles. The zero-order chi connectivity index (χ0) is 11.5. The number of nitrogens with zero attached hydrogens (tertiary/aromatic N) is 2. The first-order valence-corrected chi connectivity index (χ1v) is 5.65. The number of hydrogen-bond acceptors (Lipinski definition) is 2. The summed E-state index contributed by atoms with van der Waals surface area (Å²) < 4.78 is 0. The van der Waals surface area contributed by atoms with E-state index in [2.05, 4.69) is 34.3 Å². The average molecular weight is 220 g/mol. The zero-order valence-corrected chi connectivity index (χ0v) is 9.38. The van der Waals surface area contributed by atoms with Crippen molar-refractivity contribution in [2.45, 2.75) is 0 Å². The van der Waals surface area contributed by atoms with Gasteiger partial charge in [0.05, 0.1) is 11.4 Å². The van der Waals surface area contributed by atoms with Crippen molar-refractivity contribution in [1.29, 1.82) is 0 Å². The normalized spacial score (nSPS) is 14.4. The third kappa shape index (κ3) is 1.89. The van der Waals surface area contributed by atoms with Gasteiger partial charge in [-0.05, 0) is 0 Å². The van der Waals surface area contributed by atoms with Gasteiger partial charge in [0.1, 0.15) is 6.67 Å². The Bertz CT molecular complexity index is 515. The highest BCUT2D eigenvalue weighted by molar-refractivity contribution is 6.54. The van der Waals surface area contributed by atoms with Crippen molar-refractivity contribution in [3.05, 3.63) is 71.8 Å². The molecule has 82 valence electrons. The molecule has 0 atom stereocenters. The lowest BCUT2D eigenvalue weighted by Crippen LogP contribution is -2.13. The molecule has 2 nitrogen and oxygen atoms in total. The molecule has 0 aromatic heterocycles. The van der Waals surface area contributed by atoms with Crippen molar-refractivity contribution in [2.75, 3.05) is 6.67 Å². The lowest BCUT2D eigenvalue weighted by Gasteiger charge is -2.05. The second-order valence-corrected chi connectivity index (χ2v) is 3.89. The molecule has 0 aliphatic carbocycles. The number of rotatable bonds is 2. The first-order chi connectivity index (χ1) is 8.45. The van der Waals surface area contributed by atoms with Crippen LogP contribution in [0, 0.1) is 0 Å². The number of hydrogen-bond donors (Lipinski definition) is 0. The number of benzene rings is 2. The van der Waals surface area contributed by atoms with Gasteiger partial charge >= 0.3 is 0 Å². The van der Waals surface area contributed by atoms with Crippen LogP contribution in [0.3, 0.4) is 0 Å². The molecule has 0 saturated carbocycles. The molecular formula is C15H12N2. The first kappa shape index (κ1) is 9.97. The fraction of sp³-hybridized carbons (Fsp3) is 0.0667. The van der Waals surface area contributed by atoms with E-state index in [0.717, 1.165) is 22.6 Å². The maximum Gasteiger partial charge on any atom is 0.130 e. The zero-order valence-electron chi connectivity index (χ0n) is 9.38. The summed E-state index contributed by atoms with van der Waals surface area (Å²) in [4.78, 5) is 8.95. The monoisotopic (exact) mass is 220 g/mol. The van der Waals surface area contributed by atoms with Crippen molar-refractivity contribution >= 4 is 11.4 Å². The summed E-state index contributed by atoms with van der Waals surface area (Å²) in [5.74, 6) is 0. The Morgan fingerprint density at radius 3 is 1.41 bits per heavy atom. The lowest BCUT2D eigenvalue weighted by atomic mass is 10.0. The molecule has 0 saturated heterocycles. The van der Waals surface area contributed by atoms with Gasteiger partial charge in [-0.25, -0.2) is 0 Å². The summed E-state index contributed by atoms with van der Waals surface area (Å²) in [7, 11) is 0. The summed E-state index contributed by atoms with van der Waals surface area (Å²) in [5, 5.41) is 0. The fourth-order valence-electron chi connectivity index (χ4n) is 1.97. The summed E-state index contributed by atoms with van der Waals surface area (Å²) >= 11 is 0. The smallest absolute Gasteiger partial charge is 0.130 e. The first-order valence-electron chi connectivity index (χ1n) is 5.65. The quantitative estimate of drug-likeness (QED) is 0.743. The van der Waals surface area contributed by atoms with Crippen LogP contribution in [-0.4, -0.2) is 18.1 Å². The Morgan fingerprint density at radius 2 is 1.00 bits per heavy atom. The van der Waals surface area contributed by atoms with Crippen molar-refractivity contribution < 1.29 is 0 Å². The van der Waals surface area contributed by atoms with Gasteiger partial charge in [0.15, 0.2) is 0 Å². The largest absolute Gasteiger partial charge is 0.259 e. The molecular weight excluding hydrogens is 208 g/mol. The van der Waals surface area contributed by atoms with E-state index >= 15 is 0 Å². The molecule has 3 rings (SSSR count). The van der Waals surface area contributed by atoms with Crippen LogP contribution in [-0.2, 0) is 0 Å². The molecule has 0 radical (unpaired) electrons. The number of aliphatic imine (C=N–C) groups is 2. The van der Waals surface area contributed by atoms with Gasteiger partial charge in [-0.15, -0.1) is 0 Å². The highest BCUT2D eigenvalue weighted by Crippen LogP contribution is 2.13. The van der Waals surface area contributed by atoms with Crippen molar-refractivity contribution in [3.8, 4) is 0 Å². The second-order valence-electron chi connectivity index (χ2n) is 3.89. The Labute approximate surface area is 100 Å². The molecule has 1 aliphatic heterocycles. The molecule has 1 aliphatic rings. The summed E-state index contributed by atoms with van der Waals surface area (Å²) in [5.41, 5.74) is 4.26. The third-order valence-corrected chi connectivity index (χ3v) is 2.78. The Balaban J connectivity index is 2.01. The van der Waals surface area contributed by atoms with E-state index in [9.17, 15) is 0 Å². The highest BCUT2D eigenvalue weighted by atomic mass is 15.0. The van der Waals surface area contributed by atoms with E-state index in [1.54, 1.807) is 0 Å². The van der Waals surface area contributed by atoms with Crippen molar-refractivity contribution in [1.82, 2.24) is 0 Å². The van der Waals surface area contributed by atoms with Crippen LogP contribution in [0.2, 0.25) is 0 Å². The van der Waals surface area contributed by atoms with Crippen LogP contribution in [0.15, 0.2) is 70.6 Å². The van der Waals surface area contributed by atoms with Gasteiger partial charge in [0, 0.05) is 11.1 Å². The van der Waals surface area contributed by atoms with Gasteiger partial charge < -0.3 is 0 Å². The second kappa shape index (κ2) is 4.34. The minimum atomic E-state index is 0.536. The predicted octanol–water partition coefficient (Wildman–Crippen LogP) is 2.94. The Morgan fingerprint density at radius 1 is 0.588 bits per heavy atom. The molecule has 0 fully saturated rings. The van der Waals surface area contributed by atoms with Gasteiger partial charge in [0.2, 0.25) is 0 Å². The maximum atomic E-state index is 4.48. The van der Waals surface area contributed by atoms with Gasteiger partial charge in [-0.3, -0.25) is 9.98 Å². The summed E-state index contributed by atoms with van der Waals surface area (Å²) in [6, 6.07) is 20.4. The predicted molar refractivity (Wildman–Crippen MR) is 70.8 cm³/mol. The van der Waals surface area contributed by atoms with E-state index < -0.39 is 0 Å². The Kier molecular flexibility index (Phi) is 2.54. The van der Waals surface area contributed by atoms with Crippen molar-refractivity contribution in [2.24, 2.45) is 9.98 Å². The van der Waals surface area contributed by atoms with Crippen LogP contribution in [0.1, 0.15) is 11.1 Å². The van der Waals surface area contributed by atoms with Crippen LogP contribution >= 0.6 is 0 Å². The SMILES string of the molecule is c1ccc(C2=NCN=C2c2ccccc2)cc1. The third-order valence-electron chi connectivity index (χ3n) is 2.78. The molecule has 0 bridgehead atoms. The molecule has 0 amide bonds. The van der Waals surface area contributed by atoms with E-state index in [1.807, 2.05) is 36.4 Å². The molecule has 0 unspecified atom stereocenters. The molecule has 2 aromatic rings. The highest BCUT2D eigenvalue weighted by Gasteiger charge is 2.16. The minimum absolute atomic E-state index is 0.536. The van der Waals surface area contributed by atoms with Crippen LogP contribution in [0.4, 0.5) is 0 Å². The summed E-state index contributed by atoms with van der Waals surface area (Å²) in [6.45, 7) is 0.536. The van der Waals surface area contributed by atoms with E-state index in [-0.39, 0.29) is 0 Å². The average Bonchev–Trinajstić information content (AvgIpc) is 2.90. The maximum absolute atomic E-state index is 4.48. The van der Waals surface area contributed by atoms with Crippen LogP contribution in [0.25, 0.3) is 0 Å². The fourth-order valence-corrected chi connectivity index (χ4v) is 1.97. The van der Waals surface area contributed by atoms with Crippen LogP contribution < -0.4 is 0 Å². The van der Waals surface area contributed by atoms with Gasteiger partial charge in [-0.1, -0.05) is 60.7 Å². The van der Waals surface area contributed by atoms with Crippen molar-refractivity contribution in [3.63, 3.8) is 0 Å². The molecule has 2 heteroatoms. The van der Waals surface area contributed by atoms with E-state index in [1.165, 1.54) is 0 Å². The van der Waals surface area contributed by atoms with E-state index in [4.69, 9.17) is 0 Å².